The van der Waals surface area contributed by atoms with E-state index >= 15 is 0 Å². The number of nitriles is 1. The zero-order valence-corrected chi connectivity index (χ0v) is 16.8. The van der Waals surface area contributed by atoms with Crippen LogP contribution >= 0.6 is 15.9 Å². The number of carbonyl (C=O) groups is 2. The summed E-state index contributed by atoms with van der Waals surface area (Å²) in [5, 5.41) is 21.7. The van der Waals surface area contributed by atoms with Gasteiger partial charge < -0.3 is 15.2 Å². The molecule has 0 atom stereocenters. The Morgan fingerprint density at radius 2 is 1.96 bits per heavy atom. The number of hydrogen-bond donors (Lipinski definition) is 2. The predicted octanol–water partition coefficient (Wildman–Crippen LogP) is 4.66. The van der Waals surface area contributed by atoms with Crippen molar-refractivity contribution in [1.29, 1.82) is 5.26 Å². The van der Waals surface area contributed by atoms with Crippen LogP contribution in [0.15, 0.2) is 52.5 Å². The standard InChI is InChI=1S/C21H19BrN2O4/c1-2-3-10-28-21(27)14-4-7-18(8-5-14)24-20(26)16(13-23)11-15-12-17(22)6-9-19(15)25/h4-9,11-12,25H,2-3,10H2,1H3,(H,24,26). The summed E-state index contributed by atoms with van der Waals surface area (Å²) in [7, 11) is 0. The van der Waals surface area contributed by atoms with Crippen LogP contribution in [-0.4, -0.2) is 23.6 Å². The first-order valence-corrected chi connectivity index (χ1v) is 9.42. The van der Waals surface area contributed by atoms with Gasteiger partial charge in [-0.05, 0) is 55.0 Å². The van der Waals surface area contributed by atoms with Crippen LogP contribution in [0.4, 0.5) is 5.69 Å². The van der Waals surface area contributed by atoms with Gasteiger partial charge in [-0.15, -0.1) is 0 Å². The van der Waals surface area contributed by atoms with Crippen LogP contribution in [0.3, 0.4) is 0 Å². The van der Waals surface area contributed by atoms with Crippen molar-refractivity contribution in [1.82, 2.24) is 0 Å². The summed E-state index contributed by atoms with van der Waals surface area (Å²) in [5.74, 6) is -1.09. The molecule has 144 valence electrons. The van der Waals surface area contributed by atoms with Crippen molar-refractivity contribution in [3.8, 4) is 11.8 Å². The minimum atomic E-state index is -0.625. The Hall–Kier alpha value is -3.11. The van der Waals surface area contributed by atoms with Gasteiger partial charge in [-0.2, -0.15) is 5.26 Å². The Balaban J connectivity index is 2.08. The topological polar surface area (TPSA) is 99.4 Å². The molecule has 2 aromatic rings. The van der Waals surface area contributed by atoms with Gasteiger partial charge >= 0.3 is 5.97 Å². The number of halogens is 1. The molecule has 0 saturated heterocycles. The lowest BCUT2D eigenvalue weighted by Crippen LogP contribution is -2.13. The van der Waals surface area contributed by atoms with Crippen molar-refractivity contribution >= 4 is 39.6 Å². The molecule has 0 radical (unpaired) electrons. The first-order chi connectivity index (χ1) is 13.4. The van der Waals surface area contributed by atoms with E-state index < -0.39 is 11.9 Å². The molecule has 7 heteroatoms. The Labute approximate surface area is 171 Å². The number of hydrogen-bond acceptors (Lipinski definition) is 5. The van der Waals surface area contributed by atoms with Crippen molar-refractivity contribution in [2.75, 3.05) is 11.9 Å². The van der Waals surface area contributed by atoms with Gasteiger partial charge in [-0.1, -0.05) is 29.3 Å². The fraction of sp³-hybridized carbons (Fsp3) is 0.190. The number of nitrogens with one attached hydrogen (secondary N) is 1. The van der Waals surface area contributed by atoms with E-state index in [2.05, 4.69) is 21.2 Å². The van der Waals surface area contributed by atoms with E-state index in [0.717, 1.165) is 12.8 Å². The zero-order valence-electron chi connectivity index (χ0n) is 15.2. The van der Waals surface area contributed by atoms with Gasteiger partial charge in [0.2, 0.25) is 0 Å². The van der Waals surface area contributed by atoms with Crippen LogP contribution in [0, 0.1) is 11.3 Å². The van der Waals surface area contributed by atoms with Crippen LogP contribution in [-0.2, 0) is 9.53 Å². The maximum Gasteiger partial charge on any atom is 0.338 e. The molecule has 1 amide bonds. The third-order valence-electron chi connectivity index (χ3n) is 3.76. The van der Waals surface area contributed by atoms with Crippen LogP contribution in [0.1, 0.15) is 35.7 Å². The van der Waals surface area contributed by atoms with Crippen LogP contribution in [0.2, 0.25) is 0 Å². The number of phenolic OH excluding ortho intramolecular Hbond substituents is 1. The first-order valence-electron chi connectivity index (χ1n) is 8.63. The summed E-state index contributed by atoms with van der Waals surface area (Å²) in [6, 6.07) is 12.7. The number of nitrogens with zero attached hydrogens (tertiary/aromatic N) is 1. The molecule has 0 heterocycles. The average molecular weight is 443 g/mol. The average Bonchev–Trinajstić information content (AvgIpc) is 2.69. The summed E-state index contributed by atoms with van der Waals surface area (Å²) < 4.78 is 5.83. The molecular weight excluding hydrogens is 424 g/mol. The molecule has 0 saturated carbocycles. The molecule has 0 aliphatic rings. The summed E-state index contributed by atoms with van der Waals surface area (Å²) in [5.41, 5.74) is 0.974. The third kappa shape index (κ3) is 5.96. The summed E-state index contributed by atoms with van der Waals surface area (Å²) in [6.07, 6.45) is 3.04. The smallest absolute Gasteiger partial charge is 0.338 e. The van der Waals surface area contributed by atoms with Crippen molar-refractivity contribution in [3.05, 3.63) is 63.6 Å². The lowest BCUT2D eigenvalue weighted by molar-refractivity contribution is -0.112. The number of esters is 1. The molecule has 0 fully saturated rings. The molecule has 0 spiro atoms. The first kappa shape index (κ1) is 21.2. The van der Waals surface area contributed by atoms with Crippen molar-refractivity contribution in [2.24, 2.45) is 0 Å². The molecule has 0 aliphatic carbocycles. The number of rotatable bonds is 7. The highest BCUT2D eigenvalue weighted by atomic mass is 79.9. The van der Waals surface area contributed by atoms with Gasteiger partial charge in [0.25, 0.3) is 5.91 Å². The Bertz CT molecular complexity index is 930. The quantitative estimate of drug-likeness (QED) is 0.281. The van der Waals surface area contributed by atoms with Gasteiger partial charge in [-0.3, -0.25) is 4.79 Å². The van der Waals surface area contributed by atoms with E-state index in [1.54, 1.807) is 36.4 Å². The fourth-order valence-electron chi connectivity index (χ4n) is 2.23. The van der Waals surface area contributed by atoms with Gasteiger partial charge in [0, 0.05) is 15.7 Å². The van der Waals surface area contributed by atoms with E-state index in [4.69, 9.17) is 4.74 Å². The molecule has 2 aromatic carbocycles. The Morgan fingerprint density at radius 3 is 2.61 bits per heavy atom. The number of carbonyl (C=O) groups excluding carboxylic acids is 2. The minimum absolute atomic E-state index is 0.0466. The molecule has 2 rings (SSSR count). The number of amides is 1. The number of anilines is 1. The largest absolute Gasteiger partial charge is 0.507 e. The summed E-state index contributed by atoms with van der Waals surface area (Å²) >= 11 is 3.28. The second-order valence-corrected chi connectivity index (χ2v) is 6.81. The highest BCUT2D eigenvalue weighted by Gasteiger charge is 2.12. The van der Waals surface area contributed by atoms with Crippen LogP contribution in [0.25, 0.3) is 6.08 Å². The molecule has 0 aliphatic heterocycles. The van der Waals surface area contributed by atoms with Gasteiger partial charge in [0.15, 0.2) is 0 Å². The fourth-order valence-corrected chi connectivity index (χ4v) is 2.60. The number of ether oxygens (including phenoxy) is 1. The second-order valence-electron chi connectivity index (χ2n) is 5.89. The summed E-state index contributed by atoms with van der Waals surface area (Å²) in [6.45, 7) is 2.37. The zero-order chi connectivity index (χ0) is 20.5. The van der Waals surface area contributed by atoms with Crippen molar-refractivity contribution < 1.29 is 19.4 Å². The third-order valence-corrected chi connectivity index (χ3v) is 4.26. The van der Waals surface area contributed by atoms with Crippen LogP contribution in [0.5, 0.6) is 5.75 Å². The second kappa shape index (κ2) is 10.3. The van der Waals surface area contributed by atoms with E-state index in [1.807, 2.05) is 13.0 Å². The Kier molecular flexibility index (Phi) is 7.78. The lowest BCUT2D eigenvalue weighted by atomic mass is 10.1. The number of unbranched alkanes of at least 4 members (excludes halogenated alkanes) is 1. The normalized spacial score (nSPS) is 10.8. The molecule has 2 N–H and O–H groups in total. The summed E-state index contributed by atoms with van der Waals surface area (Å²) in [4.78, 5) is 24.2. The number of phenols is 1. The van der Waals surface area contributed by atoms with Gasteiger partial charge in [0.1, 0.15) is 17.4 Å². The molecule has 28 heavy (non-hydrogen) atoms. The lowest BCUT2D eigenvalue weighted by Gasteiger charge is -2.07. The number of aromatic hydroxyl groups is 1. The van der Waals surface area contributed by atoms with Crippen LogP contribution < -0.4 is 5.32 Å². The molecule has 0 aromatic heterocycles. The maximum atomic E-state index is 12.4. The van der Waals surface area contributed by atoms with Gasteiger partial charge in [-0.25, -0.2) is 4.79 Å². The maximum absolute atomic E-state index is 12.4. The molecule has 6 nitrogen and oxygen atoms in total. The minimum Gasteiger partial charge on any atom is -0.507 e. The Morgan fingerprint density at radius 1 is 1.25 bits per heavy atom. The van der Waals surface area contributed by atoms with E-state index in [9.17, 15) is 20.0 Å². The molecule has 0 bridgehead atoms. The van der Waals surface area contributed by atoms with Crippen molar-refractivity contribution in [3.63, 3.8) is 0 Å². The predicted molar refractivity (Wildman–Crippen MR) is 110 cm³/mol. The van der Waals surface area contributed by atoms with E-state index in [-0.39, 0.29) is 11.3 Å². The molecular formula is C21H19BrN2O4. The SMILES string of the molecule is CCCCOC(=O)c1ccc(NC(=O)C(C#N)=Cc2cc(Br)ccc2O)cc1. The highest BCUT2D eigenvalue weighted by Crippen LogP contribution is 2.24. The van der Waals surface area contributed by atoms with Crippen molar-refractivity contribution in [2.45, 2.75) is 19.8 Å². The van der Waals surface area contributed by atoms with E-state index in [1.165, 1.54) is 12.1 Å². The monoisotopic (exact) mass is 442 g/mol. The van der Waals surface area contributed by atoms with Gasteiger partial charge in [0.05, 0.1) is 12.2 Å². The number of benzene rings is 2. The highest BCUT2D eigenvalue weighted by molar-refractivity contribution is 9.10. The van der Waals surface area contributed by atoms with E-state index in [0.29, 0.717) is 27.9 Å². The molecule has 0 unspecified atom stereocenters.